The number of fused-ring (bicyclic) bond motifs is 2. The van der Waals surface area contributed by atoms with Crippen LogP contribution in [0.3, 0.4) is 0 Å². The molecule has 4 rings (SSSR count). The summed E-state index contributed by atoms with van der Waals surface area (Å²) in [5, 5.41) is 0. The van der Waals surface area contributed by atoms with Gasteiger partial charge < -0.3 is 13.6 Å². The molecule has 2 aromatic carbocycles. The molecule has 2 aliphatic heterocycles. The zero-order chi connectivity index (χ0) is 25.1. The lowest BCUT2D eigenvalue weighted by atomic mass is 10.0. The fourth-order valence-electron chi connectivity index (χ4n) is 5.57. The van der Waals surface area contributed by atoms with E-state index in [1.54, 1.807) is 0 Å². The number of rotatable bonds is 10. The molecule has 5 nitrogen and oxygen atoms in total. The molecule has 2 aromatic rings. The highest BCUT2D eigenvalue weighted by Gasteiger charge is 2.32. The van der Waals surface area contributed by atoms with E-state index in [9.17, 15) is 0 Å². The van der Waals surface area contributed by atoms with Crippen LogP contribution in [0.1, 0.15) is 35.1 Å². The van der Waals surface area contributed by atoms with E-state index in [2.05, 4.69) is 86.5 Å². The SMILES string of the molecule is CN1COc2c(CCC[Si](C)(C)O[Si](C)(C)CCCc3cccc4c3OCN(C)C4)cccc2C1. The van der Waals surface area contributed by atoms with Gasteiger partial charge in [0.05, 0.1) is 0 Å². The molecule has 0 atom stereocenters. The van der Waals surface area contributed by atoms with E-state index in [4.69, 9.17) is 13.6 Å². The van der Waals surface area contributed by atoms with E-state index in [1.165, 1.54) is 47.2 Å². The van der Waals surface area contributed by atoms with E-state index in [0.29, 0.717) is 13.5 Å². The third kappa shape index (κ3) is 7.20. The first-order valence-electron chi connectivity index (χ1n) is 13.2. The van der Waals surface area contributed by atoms with Crippen molar-refractivity contribution < 1.29 is 13.6 Å². The standard InChI is InChI=1S/C28H44N2O3Si2/c1-29-19-25-13-7-11-23(27(25)31-21-29)15-9-17-34(3,4)33-35(5,6)18-10-16-24-12-8-14-26-20-30(2)22-32-28(24)26/h7-8,11-14H,9-10,15-22H2,1-6H3. The van der Waals surface area contributed by atoms with Gasteiger partial charge >= 0.3 is 0 Å². The van der Waals surface area contributed by atoms with Gasteiger partial charge in [0.2, 0.25) is 0 Å². The molecule has 35 heavy (non-hydrogen) atoms. The molecule has 0 amide bonds. The lowest BCUT2D eigenvalue weighted by molar-refractivity contribution is 0.120. The summed E-state index contributed by atoms with van der Waals surface area (Å²) in [6.07, 6.45) is 4.48. The van der Waals surface area contributed by atoms with E-state index in [-0.39, 0.29) is 0 Å². The predicted molar refractivity (Wildman–Crippen MR) is 149 cm³/mol. The zero-order valence-corrected chi connectivity index (χ0v) is 24.7. The van der Waals surface area contributed by atoms with Gasteiger partial charge in [-0.2, -0.15) is 0 Å². The summed E-state index contributed by atoms with van der Waals surface area (Å²) in [6.45, 7) is 12.9. The van der Waals surface area contributed by atoms with Crippen LogP contribution in [0, 0.1) is 0 Å². The minimum atomic E-state index is -1.72. The molecular weight excluding hydrogens is 468 g/mol. The maximum absolute atomic E-state index is 6.96. The van der Waals surface area contributed by atoms with E-state index >= 15 is 0 Å². The Labute approximate surface area is 214 Å². The van der Waals surface area contributed by atoms with Crippen LogP contribution in [0.2, 0.25) is 38.3 Å². The maximum Gasteiger partial charge on any atom is 0.173 e. The third-order valence-corrected chi connectivity index (χ3v) is 14.6. The lowest BCUT2D eigenvalue weighted by Gasteiger charge is -2.34. The molecule has 192 valence electrons. The number of aryl methyl sites for hydroxylation is 2. The van der Waals surface area contributed by atoms with Crippen molar-refractivity contribution in [3.8, 4) is 11.5 Å². The Bertz CT molecular complexity index is 932. The second-order valence-corrected chi connectivity index (χ2v) is 20.6. The number of hydrogen-bond donors (Lipinski definition) is 0. The topological polar surface area (TPSA) is 34.2 Å². The molecule has 0 radical (unpaired) electrons. The maximum atomic E-state index is 6.96. The van der Waals surface area contributed by atoms with E-state index in [0.717, 1.165) is 37.4 Å². The minimum Gasteiger partial charge on any atom is -0.478 e. The van der Waals surface area contributed by atoms with Gasteiger partial charge in [0, 0.05) is 24.2 Å². The van der Waals surface area contributed by atoms with Gasteiger partial charge in [0.1, 0.15) is 25.0 Å². The molecular formula is C28H44N2O3Si2. The van der Waals surface area contributed by atoms with Gasteiger partial charge in [-0.25, -0.2) is 0 Å². The second-order valence-electron chi connectivity index (χ2n) is 11.7. The molecule has 7 heteroatoms. The van der Waals surface area contributed by atoms with Crippen LogP contribution in [0.5, 0.6) is 11.5 Å². The van der Waals surface area contributed by atoms with Gasteiger partial charge in [0.25, 0.3) is 0 Å². The quantitative estimate of drug-likeness (QED) is 0.352. The molecule has 0 N–H and O–H groups in total. The van der Waals surface area contributed by atoms with Crippen molar-refractivity contribution in [3.05, 3.63) is 58.7 Å². The number of benzene rings is 2. The van der Waals surface area contributed by atoms with Crippen LogP contribution in [0.15, 0.2) is 36.4 Å². The van der Waals surface area contributed by atoms with Crippen molar-refractivity contribution in [2.45, 2.75) is 77.0 Å². The molecule has 0 saturated carbocycles. The van der Waals surface area contributed by atoms with E-state index in [1.807, 2.05) is 0 Å². The van der Waals surface area contributed by atoms with Crippen LogP contribution in [-0.2, 0) is 30.0 Å². The second kappa shape index (κ2) is 11.2. The summed E-state index contributed by atoms with van der Waals surface area (Å²) >= 11 is 0. The van der Waals surface area contributed by atoms with Gasteiger partial charge in [0.15, 0.2) is 16.6 Å². The number of hydrogen-bond acceptors (Lipinski definition) is 5. The highest BCUT2D eigenvalue weighted by molar-refractivity contribution is 6.84. The Morgan fingerprint density at radius 2 is 1.14 bits per heavy atom. The molecule has 0 bridgehead atoms. The molecule has 0 fully saturated rings. The summed E-state index contributed by atoms with van der Waals surface area (Å²) in [7, 11) is 0.774. The average Bonchev–Trinajstić information content (AvgIpc) is 2.78. The average molecular weight is 513 g/mol. The first-order chi connectivity index (χ1) is 16.6. The Hall–Kier alpha value is -1.65. The van der Waals surface area contributed by atoms with Crippen LogP contribution in [0.25, 0.3) is 0 Å². The summed E-state index contributed by atoms with van der Waals surface area (Å²) in [4.78, 5) is 4.42. The summed E-state index contributed by atoms with van der Waals surface area (Å²) in [5.74, 6) is 2.25. The zero-order valence-electron chi connectivity index (χ0n) is 22.7. The molecule has 0 aliphatic carbocycles. The fraction of sp³-hybridized carbons (Fsp3) is 0.571. The summed E-state index contributed by atoms with van der Waals surface area (Å²) in [6, 6.07) is 15.6. The largest absolute Gasteiger partial charge is 0.478 e. The van der Waals surface area contributed by atoms with Gasteiger partial charge in [-0.15, -0.1) is 0 Å². The van der Waals surface area contributed by atoms with Gasteiger partial charge in [-0.3, -0.25) is 9.80 Å². The molecule has 2 heterocycles. The molecule has 0 aromatic heterocycles. The van der Waals surface area contributed by atoms with Crippen molar-refractivity contribution in [2.75, 3.05) is 27.6 Å². The lowest BCUT2D eigenvalue weighted by Crippen LogP contribution is -2.44. The smallest absolute Gasteiger partial charge is 0.173 e. The van der Waals surface area contributed by atoms with Gasteiger partial charge in [-0.1, -0.05) is 36.4 Å². The van der Waals surface area contributed by atoms with Crippen molar-refractivity contribution in [3.63, 3.8) is 0 Å². The fourth-order valence-corrected chi connectivity index (χ4v) is 14.4. The first-order valence-corrected chi connectivity index (χ1v) is 19.4. The van der Waals surface area contributed by atoms with Crippen molar-refractivity contribution in [2.24, 2.45) is 0 Å². The number of para-hydroxylation sites is 2. The molecule has 0 saturated heterocycles. The minimum absolute atomic E-state index is 0.683. The highest BCUT2D eigenvalue weighted by atomic mass is 28.4. The van der Waals surface area contributed by atoms with Crippen LogP contribution < -0.4 is 9.47 Å². The predicted octanol–water partition coefficient (Wildman–Crippen LogP) is 6.24. The van der Waals surface area contributed by atoms with Crippen LogP contribution >= 0.6 is 0 Å². The first kappa shape index (κ1) is 26.4. The summed E-state index contributed by atoms with van der Waals surface area (Å²) < 4.78 is 19.1. The Balaban J connectivity index is 1.25. The number of ether oxygens (including phenoxy) is 2. The monoisotopic (exact) mass is 512 g/mol. The molecule has 2 aliphatic rings. The third-order valence-electron chi connectivity index (χ3n) is 7.10. The normalized spacial score (nSPS) is 16.9. The van der Waals surface area contributed by atoms with E-state index < -0.39 is 16.6 Å². The van der Waals surface area contributed by atoms with Crippen molar-refractivity contribution in [1.82, 2.24) is 9.80 Å². The highest BCUT2D eigenvalue weighted by Crippen LogP contribution is 2.33. The van der Waals surface area contributed by atoms with Crippen molar-refractivity contribution >= 4 is 16.6 Å². The molecule has 0 spiro atoms. The number of nitrogens with zero attached hydrogens (tertiary/aromatic N) is 2. The van der Waals surface area contributed by atoms with Crippen molar-refractivity contribution in [1.29, 1.82) is 0 Å². The Morgan fingerprint density at radius 3 is 1.57 bits per heavy atom. The Morgan fingerprint density at radius 1 is 0.714 bits per heavy atom. The van der Waals surface area contributed by atoms with Crippen LogP contribution in [-0.4, -0.2) is 54.0 Å². The summed E-state index contributed by atoms with van der Waals surface area (Å²) in [5.41, 5.74) is 5.34. The Kier molecular flexibility index (Phi) is 8.43. The van der Waals surface area contributed by atoms with Crippen LogP contribution in [0.4, 0.5) is 0 Å². The molecule has 0 unspecified atom stereocenters. The van der Waals surface area contributed by atoms with Gasteiger partial charge in [-0.05, 0) is 89.2 Å².